The van der Waals surface area contributed by atoms with Gasteiger partial charge in [-0.05, 0) is 44.2 Å². The number of aliphatic hydroxyl groups excluding tert-OH is 1. The lowest BCUT2D eigenvalue weighted by Gasteiger charge is -2.30. The normalized spacial score (nSPS) is 18.8. The zero-order chi connectivity index (χ0) is 13.8. The Bertz CT molecular complexity index is 461. The molecule has 3 nitrogen and oxygen atoms in total. The topological polar surface area (TPSA) is 49.5 Å². The highest BCUT2D eigenvalue weighted by molar-refractivity contribution is 7.80. The molecule has 0 aliphatic carbocycles. The minimum absolute atomic E-state index is 0.264. The Balaban J connectivity index is 2.32. The Morgan fingerprint density at radius 2 is 2.32 bits per heavy atom. The van der Waals surface area contributed by atoms with Gasteiger partial charge in [-0.1, -0.05) is 24.4 Å². The molecule has 1 atom stereocenters. The molecule has 1 aromatic carbocycles. The molecule has 1 fully saturated rings. The summed E-state index contributed by atoms with van der Waals surface area (Å²) in [6.45, 7) is 3.43. The number of benzene rings is 1. The number of aryl methyl sites for hydroxylation is 1. The van der Waals surface area contributed by atoms with E-state index < -0.39 is 0 Å². The standard InChI is InChI=1S/C15H22N2OS/c1-11-5-2-8-13(15(16)19)14(11)17-9-3-6-12(17)7-4-10-18/h2,5,8,12,18H,3-4,6-7,9-10H2,1H3,(H2,16,19). The second-order valence-corrected chi connectivity index (χ2v) is 5.63. The third-order valence-corrected chi connectivity index (χ3v) is 4.08. The minimum Gasteiger partial charge on any atom is -0.396 e. The third kappa shape index (κ3) is 3.07. The van der Waals surface area contributed by atoms with Crippen molar-refractivity contribution in [2.24, 2.45) is 5.73 Å². The molecule has 1 aliphatic rings. The number of anilines is 1. The van der Waals surface area contributed by atoms with Crippen LogP contribution < -0.4 is 10.6 Å². The van der Waals surface area contributed by atoms with Crippen molar-refractivity contribution in [3.63, 3.8) is 0 Å². The number of nitrogens with zero attached hydrogens (tertiary/aromatic N) is 1. The lowest BCUT2D eigenvalue weighted by molar-refractivity contribution is 0.279. The van der Waals surface area contributed by atoms with E-state index in [0.717, 1.165) is 24.9 Å². The van der Waals surface area contributed by atoms with E-state index in [1.54, 1.807) is 0 Å². The van der Waals surface area contributed by atoms with Crippen molar-refractivity contribution >= 4 is 22.9 Å². The van der Waals surface area contributed by atoms with Crippen LogP contribution in [0.25, 0.3) is 0 Å². The first-order chi connectivity index (χ1) is 9.15. The summed E-state index contributed by atoms with van der Waals surface area (Å²) in [6, 6.07) is 6.62. The Labute approximate surface area is 120 Å². The van der Waals surface area contributed by atoms with Crippen molar-refractivity contribution in [3.8, 4) is 0 Å². The third-order valence-electron chi connectivity index (χ3n) is 3.86. The van der Waals surface area contributed by atoms with Crippen LogP contribution in [0.1, 0.15) is 36.8 Å². The number of rotatable bonds is 5. The number of hydrogen-bond donors (Lipinski definition) is 2. The molecule has 1 saturated heterocycles. The molecule has 1 aliphatic heterocycles. The Morgan fingerprint density at radius 3 is 3.00 bits per heavy atom. The molecule has 104 valence electrons. The molecule has 19 heavy (non-hydrogen) atoms. The van der Waals surface area contributed by atoms with Gasteiger partial charge in [0.15, 0.2) is 0 Å². The van der Waals surface area contributed by atoms with Gasteiger partial charge in [-0.2, -0.15) is 0 Å². The number of para-hydroxylation sites is 1. The molecule has 1 unspecified atom stereocenters. The average Bonchev–Trinajstić information content (AvgIpc) is 2.83. The summed E-state index contributed by atoms with van der Waals surface area (Å²) >= 11 is 5.18. The molecular weight excluding hydrogens is 256 g/mol. The van der Waals surface area contributed by atoms with E-state index in [1.165, 1.54) is 24.1 Å². The van der Waals surface area contributed by atoms with Crippen molar-refractivity contribution < 1.29 is 5.11 Å². The molecule has 1 aromatic rings. The van der Waals surface area contributed by atoms with Gasteiger partial charge in [0.1, 0.15) is 4.99 Å². The summed E-state index contributed by atoms with van der Waals surface area (Å²) in [6.07, 6.45) is 4.27. The maximum Gasteiger partial charge on any atom is 0.106 e. The number of nitrogens with two attached hydrogens (primary N) is 1. The lowest BCUT2D eigenvalue weighted by atomic mass is 10.0. The molecule has 0 spiro atoms. The van der Waals surface area contributed by atoms with E-state index in [9.17, 15) is 0 Å². The van der Waals surface area contributed by atoms with Gasteiger partial charge in [-0.25, -0.2) is 0 Å². The second kappa shape index (κ2) is 6.35. The molecule has 0 saturated carbocycles. The first kappa shape index (κ1) is 14.3. The van der Waals surface area contributed by atoms with Crippen molar-refractivity contribution in [2.45, 2.75) is 38.6 Å². The van der Waals surface area contributed by atoms with E-state index in [0.29, 0.717) is 11.0 Å². The van der Waals surface area contributed by atoms with Gasteiger partial charge in [0, 0.05) is 24.8 Å². The molecule has 1 heterocycles. The van der Waals surface area contributed by atoms with E-state index in [2.05, 4.69) is 17.9 Å². The molecule has 0 amide bonds. The molecule has 2 rings (SSSR count). The van der Waals surface area contributed by atoms with Crippen LogP contribution in [0.4, 0.5) is 5.69 Å². The smallest absolute Gasteiger partial charge is 0.106 e. The summed E-state index contributed by atoms with van der Waals surface area (Å²) < 4.78 is 0. The SMILES string of the molecule is Cc1cccc(C(N)=S)c1N1CCCC1CCCO. The quantitative estimate of drug-likeness (QED) is 0.812. The summed E-state index contributed by atoms with van der Waals surface area (Å²) in [5.74, 6) is 0. The Hall–Kier alpha value is -1.13. The van der Waals surface area contributed by atoms with Gasteiger partial charge in [0.25, 0.3) is 0 Å². The first-order valence-electron chi connectivity index (χ1n) is 6.92. The lowest BCUT2D eigenvalue weighted by Crippen LogP contribution is -2.32. The zero-order valence-electron chi connectivity index (χ0n) is 11.4. The molecule has 3 N–H and O–H groups in total. The van der Waals surface area contributed by atoms with Crippen molar-refractivity contribution in [3.05, 3.63) is 29.3 Å². The van der Waals surface area contributed by atoms with Gasteiger partial charge in [-0.15, -0.1) is 0 Å². The fraction of sp³-hybridized carbons (Fsp3) is 0.533. The van der Waals surface area contributed by atoms with Crippen LogP contribution in [0.3, 0.4) is 0 Å². The van der Waals surface area contributed by atoms with E-state index in [4.69, 9.17) is 23.1 Å². The fourth-order valence-electron chi connectivity index (χ4n) is 3.00. The molecule has 0 aromatic heterocycles. The van der Waals surface area contributed by atoms with Crippen LogP contribution in [0.15, 0.2) is 18.2 Å². The van der Waals surface area contributed by atoms with Gasteiger partial charge in [0.2, 0.25) is 0 Å². The largest absolute Gasteiger partial charge is 0.396 e. The molecule has 0 bridgehead atoms. The van der Waals surface area contributed by atoms with E-state index in [-0.39, 0.29) is 6.61 Å². The maximum atomic E-state index is 9.02. The highest BCUT2D eigenvalue weighted by atomic mass is 32.1. The predicted octanol–water partition coefficient (Wildman–Crippen LogP) is 2.37. The van der Waals surface area contributed by atoms with Crippen molar-refractivity contribution in [1.82, 2.24) is 0 Å². The van der Waals surface area contributed by atoms with Gasteiger partial charge in [-0.3, -0.25) is 0 Å². The summed E-state index contributed by atoms with van der Waals surface area (Å²) in [4.78, 5) is 2.89. The first-order valence-corrected chi connectivity index (χ1v) is 7.33. The van der Waals surface area contributed by atoms with Crippen LogP contribution in [-0.2, 0) is 0 Å². The Morgan fingerprint density at radius 1 is 1.53 bits per heavy atom. The summed E-state index contributed by atoms with van der Waals surface area (Å²) in [7, 11) is 0. The number of hydrogen-bond acceptors (Lipinski definition) is 3. The van der Waals surface area contributed by atoms with Crippen LogP contribution in [0.5, 0.6) is 0 Å². The second-order valence-electron chi connectivity index (χ2n) is 5.19. The monoisotopic (exact) mass is 278 g/mol. The van der Waals surface area contributed by atoms with E-state index >= 15 is 0 Å². The van der Waals surface area contributed by atoms with E-state index in [1.807, 2.05) is 12.1 Å². The van der Waals surface area contributed by atoms with Gasteiger partial charge >= 0.3 is 0 Å². The molecule has 4 heteroatoms. The van der Waals surface area contributed by atoms with Crippen LogP contribution in [0.2, 0.25) is 0 Å². The number of thiocarbonyl (C=S) groups is 1. The molecular formula is C15H22N2OS. The minimum atomic E-state index is 0.264. The van der Waals surface area contributed by atoms with Crippen LogP contribution >= 0.6 is 12.2 Å². The van der Waals surface area contributed by atoms with Crippen LogP contribution in [-0.4, -0.2) is 29.3 Å². The summed E-state index contributed by atoms with van der Waals surface area (Å²) in [5, 5.41) is 9.02. The maximum absolute atomic E-state index is 9.02. The van der Waals surface area contributed by atoms with Crippen LogP contribution in [0, 0.1) is 6.92 Å². The van der Waals surface area contributed by atoms with Crippen molar-refractivity contribution in [2.75, 3.05) is 18.1 Å². The average molecular weight is 278 g/mol. The highest BCUT2D eigenvalue weighted by Gasteiger charge is 2.27. The van der Waals surface area contributed by atoms with Crippen molar-refractivity contribution in [1.29, 1.82) is 0 Å². The highest BCUT2D eigenvalue weighted by Crippen LogP contribution is 2.33. The number of aliphatic hydroxyl groups is 1. The van der Waals surface area contributed by atoms with Gasteiger partial charge < -0.3 is 15.7 Å². The summed E-state index contributed by atoms with van der Waals surface area (Å²) in [5.41, 5.74) is 9.25. The van der Waals surface area contributed by atoms with Gasteiger partial charge in [0.05, 0.1) is 5.69 Å². The zero-order valence-corrected chi connectivity index (χ0v) is 12.2. The molecule has 0 radical (unpaired) electrons. The Kier molecular flexibility index (Phi) is 4.77. The fourth-order valence-corrected chi connectivity index (χ4v) is 3.16. The predicted molar refractivity (Wildman–Crippen MR) is 83.8 cm³/mol.